The third-order valence-corrected chi connectivity index (χ3v) is 5.75. The number of rotatable bonds is 4. The number of nitrogens with zero attached hydrogens (tertiary/aromatic N) is 1. The Bertz CT molecular complexity index is 904. The van der Waals surface area contributed by atoms with E-state index in [1.807, 2.05) is 13.0 Å². The molecule has 0 aliphatic heterocycles. The van der Waals surface area contributed by atoms with Crippen molar-refractivity contribution < 1.29 is 8.42 Å². The van der Waals surface area contributed by atoms with Gasteiger partial charge < -0.3 is 4.98 Å². The van der Waals surface area contributed by atoms with Gasteiger partial charge in [0.05, 0.1) is 21.1 Å². The van der Waals surface area contributed by atoms with Gasteiger partial charge in [0.15, 0.2) is 0 Å². The first-order valence-electron chi connectivity index (χ1n) is 6.89. The van der Waals surface area contributed by atoms with Gasteiger partial charge in [0.2, 0.25) is 0 Å². The summed E-state index contributed by atoms with van der Waals surface area (Å²) in [7, 11) is -3.62. The Morgan fingerprint density at radius 1 is 1.09 bits per heavy atom. The van der Waals surface area contributed by atoms with Crippen LogP contribution in [0.15, 0.2) is 59.6 Å². The van der Waals surface area contributed by atoms with Gasteiger partial charge in [-0.15, -0.1) is 0 Å². The van der Waals surface area contributed by atoms with Crippen LogP contribution >= 0.6 is 11.6 Å². The Labute approximate surface area is 134 Å². The standard InChI is InChI=1S/C16H15ClN2O2S/c1-2-19(22(20,21)12-7-4-3-5-8-12)15-10-6-9-13-14(17)11-18-16(13)15/h3-11,18H,2H2,1H3. The van der Waals surface area contributed by atoms with Crippen molar-refractivity contribution in [1.29, 1.82) is 0 Å². The van der Waals surface area contributed by atoms with Gasteiger partial charge in [-0.3, -0.25) is 4.31 Å². The SMILES string of the molecule is CCN(c1cccc2c(Cl)c[nH]c12)S(=O)(=O)c1ccccc1. The van der Waals surface area contributed by atoms with Gasteiger partial charge in [-0.25, -0.2) is 8.42 Å². The molecule has 0 atom stereocenters. The first-order valence-corrected chi connectivity index (χ1v) is 8.71. The minimum atomic E-state index is -3.62. The fourth-order valence-corrected chi connectivity index (χ4v) is 4.22. The quantitative estimate of drug-likeness (QED) is 0.783. The molecule has 1 heterocycles. The predicted molar refractivity (Wildman–Crippen MR) is 90.0 cm³/mol. The lowest BCUT2D eigenvalue weighted by Crippen LogP contribution is -2.30. The maximum atomic E-state index is 12.9. The molecule has 0 bridgehead atoms. The molecule has 6 heteroatoms. The Hall–Kier alpha value is -1.98. The van der Waals surface area contributed by atoms with Crippen molar-refractivity contribution in [2.75, 3.05) is 10.8 Å². The fraction of sp³-hybridized carbons (Fsp3) is 0.125. The first kappa shape index (κ1) is 14.9. The fourth-order valence-electron chi connectivity index (χ4n) is 2.50. The monoisotopic (exact) mass is 334 g/mol. The third kappa shape index (κ3) is 2.36. The lowest BCUT2D eigenvalue weighted by atomic mass is 10.2. The van der Waals surface area contributed by atoms with Gasteiger partial charge in [0, 0.05) is 18.1 Å². The van der Waals surface area contributed by atoms with Crippen molar-refractivity contribution in [3.05, 3.63) is 59.8 Å². The van der Waals surface area contributed by atoms with Crippen LogP contribution in [-0.4, -0.2) is 19.9 Å². The molecule has 4 nitrogen and oxygen atoms in total. The second kappa shape index (κ2) is 5.66. The summed E-state index contributed by atoms with van der Waals surface area (Å²) < 4.78 is 27.2. The average Bonchev–Trinajstić information content (AvgIpc) is 2.91. The summed E-state index contributed by atoms with van der Waals surface area (Å²) in [6.45, 7) is 2.14. The third-order valence-electron chi connectivity index (χ3n) is 3.53. The van der Waals surface area contributed by atoms with Gasteiger partial charge >= 0.3 is 0 Å². The van der Waals surface area contributed by atoms with E-state index < -0.39 is 10.0 Å². The average molecular weight is 335 g/mol. The highest BCUT2D eigenvalue weighted by Crippen LogP contribution is 2.33. The summed E-state index contributed by atoms with van der Waals surface area (Å²) in [5.74, 6) is 0. The summed E-state index contributed by atoms with van der Waals surface area (Å²) in [6, 6.07) is 13.9. The van der Waals surface area contributed by atoms with Gasteiger partial charge in [-0.2, -0.15) is 0 Å². The number of hydrogen-bond donors (Lipinski definition) is 1. The molecule has 1 aromatic heterocycles. The van der Waals surface area contributed by atoms with Crippen molar-refractivity contribution >= 4 is 38.2 Å². The van der Waals surface area contributed by atoms with E-state index in [-0.39, 0.29) is 4.90 Å². The zero-order valence-corrected chi connectivity index (χ0v) is 13.5. The summed E-state index contributed by atoms with van der Waals surface area (Å²) in [4.78, 5) is 3.33. The Morgan fingerprint density at radius 2 is 1.82 bits per heavy atom. The van der Waals surface area contributed by atoms with Gasteiger partial charge in [0.25, 0.3) is 10.0 Å². The number of fused-ring (bicyclic) bond motifs is 1. The van der Waals surface area contributed by atoms with Crippen molar-refractivity contribution in [1.82, 2.24) is 4.98 Å². The number of hydrogen-bond acceptors (Lipinski definition) is 2. The number of aromatic nitrogens is 1. The number of H-pyrrole nitrogens is 1. The molecule has 2 aromatic carbocycles. The van der Waals surface area contributed by atoms with E-state index in [9.17, 15) is 8.42 Å². The predicted octanol–water partition coefficient (Wildman–Crippen LogP) is 4.04. The second-order valence-corrected chi connectivity index (χ2v) is 7.09. The summed E-state index contributed by atoms with van der Waals surface area (Å²) >= 11 is 6.12. The lowest BCUT2D eigenvalue weighted by molar-refractivity contribution is 0.592. The zero-order chi connectivity index (χ0) is 15.7. The number of sulfonamides is 1. The van der Waals surface area contributed by atoms with E-state index >= 15 is 0 Å². The van der Waals surface area contributed by atoms with Crippen LogP contribution in [0.1, 0.15) is 6.92 Å². The van der Waals surface area contributed by atoms with Crippen LogP contribution in [0.4, 0.5) is 5.69 Å². The van der Waals surface area contributed by atoms with Crippen molar-refractivity contribution in [3.63, 3.8) is 0 Å². The molecule has 0 aliphatic rings. The molecule has 1 N–H and O–H groups in total. The van der Waals surface area contributed by atoms with E-state index in [0.29, 0.717) is 22.8 Å². The maximum absolute atomic E-state index is 12.9. The number of aromatic amines is 1. The van der Waals surface area contributed by atoms with Crippen LogP contribution in [0, 0.1) is 0 Å². The smallest absolute Gasteiger partial charge is 0.264 e. The molecule has 0 fully saturated rings. The number of anilines is 1. The summed E-state index contributed by atoms with van der Waals surface area (Å²) in [6.07, 6.45) is 1.67. The minimum Gasteiger partial charge on any atom is -0.358 e. The molecule has 0 amide bonds. The largest absolute Gasteiger partial charge is 0.358 e. The minimum absolute atomic E-state index is 0.270. The highest BCUT2D eigenvalue weighted by molar-refractivity contribution is 7.92. The topological polar surface area (TPSA) is 53.2 Å². The van der Waals surface area contributed by atoms with Gasteiger partial charge in [0.1, 0.15) is 0 Å². The summed E-state index contributed by atoms with van der Waals surface area (Å²) in [5, 5.41) is 1.38. The molecular formula is C16H15ClN2O2S. The van der Waals surface area contributed by atoms with Crippen LogP contribution in [0.3, 0.4) is 0 Å². The van der Waals surface area contributed by atoms with Crippen LogP contribution in [0.2, 0.25) is 5.02 Å². The zero-order valence-electron chi connectivity index (χ0n) is 12.0. The van der Waals surface area contributed by atoms with Crippen LogP contribution in [-0.2, 0) is 10.0 Å². The van der Waals surface area contributed by atoms with Crippen LogP contribution < -0.4 is 4.31 Å². The Morgan fingerprint density at radius 3 is 2.50 bits per heavy atom. The highest BCUT2D eigenvalue weighted by Gasteiger charge is 2.25. The molecule has 3 aromatic rings. The molecule has 0 unspecified atom stereocenters. The van der Waals surface area contributed by atoms with E-state index in [2.05, 4.69) is 4.98 Å². The van der Waals surface area contributed by atoms with Gasteiger partial charge in [-0.1, -0.05) is 41.9 Å². The van der Waals surface area contributed by atoms with Crippen molar-refractivity contribution in [3.8, 4) is 0 Å². The highest BCUT2D eigenvalue weighted by atomic mass is 35.5. The Kier molecular flexibility index (Phi) is 3.85. The number of nitrogens with one attached hydrogen (secondary N) is 1. The lowest BCUT2D eigenvalue weighted by Gasteiger charge is -2.23. The molecule has 0 radical (unpaired) electrons. The molecule has 0 spiro atoms. The summed E-state index contributed by atoms with van der Waals surface area (Å²) in [5.41, 5.74) is 1.31. The van der Waals surface area contributed by atoms with E-state index in [1.165, 1.54) is 4.31 Å². The molecule has 0 saturated heterocycles. The maximum Gasteiger partial charge on any atom is 0.264 e. The molecule has 0 saturated carbocycles. The Balaban J connectivity index is 2.19. The number of para-hydroxylation sites is 1. The van der Waals surface area contributed by atoms with Gasteiger partial charge in [-0.05, 0) is 25.1 Å². The number of halogens is 1. The molecule has 3 rings (SSSR count). The molecule has 22 heavy (non-hydrogen) atoms. The van der Waals surface area contributed by atoms with Crippen LogP contribution in [0.5, 0.6) is 0 Å². The van der Waals surface area contributed by atoms with Crippen LogP contribution in [0.25, 0.3) is 10.9 Å². The van der Waals surface area contributed by atoms with E-state index in [1.54, 1.807) is 48.7 Å². The second-order valence-electron chi connectivity index (χ2n) is 4.82. The van der Waals surface area contributed by atoms with E-state index in [4.69, 9.17) is 11.6 Å². The number of benzene rings is 2. The van der Waals surface area contributed by atoms with Crippen molar-refractivity contribution in [2.45, 2.75) is 11.8 Å². The normalized spacial score (nSPS) is 11.7. The van der Waals surface area contributed by atoms with E-state index in [0.717, 1.165) is 5.39 Å². The molecular weight excluding hydrogens is 320 g/mol. The first-order chi connectivity index (χ1) is 10.6. The molecule has 0 aliphatic carbocycles. The molecule has 114 valence electrons. The van der Waals surface area contributed by atoms with Crippen molar-refractivity contribution in [2.24, 2.45) is 0 Å².